The highest BCUT2D eigenvalue weighted by molar-refractivity contribution is 5.85. The van der Waals surface area contributed by atoms with Gasteiger partial charge >= 0.3 is 0 Å². The molecule has 0 amide bonds. The van der Waals surface area contributed by atoms with E-state index in [1.54, 1.807) is 0 Å². The lowest BCUT2D eigenvalue weighted by Gasteiger charge is -2.74. The number of carbonyl (C=O) groups is 1. The highest BCUT2D eigenvalue weighted by Gasteiger charge is 2.72. The predicted octanol–water partition coefficient (Wildman–Crippen LogP) is 7.43. The van der Waals surface area contributed by atoms with Gasteiger partial charge < -0.3 is 5.11 Å². The molecule has 5 aliphatic carbocycles. The summed E-state index contributed by atoms with van der Waals surface area (Å²) in [7, 11) is 0. The van der Waals surface area contributed by atoms with Crippen molar-refractivity contribution in [1.82, 2.24) is 0 Å². The number of hydrogen-bond acceptors (Lipinski definition) is 2. The van der Waals surface area contributed by atoms with E-state index in [0.717, 1.165) is 18.8 Å². The van der Waals surface area contributed by atoms with Gasteiger partial charge in [0.1, 0.15) is 5.78 Å². The fourth-order valence-electron chi connectivity index (χ4n) is 11.2. The third-order valence-electron chi connectivity index (χ3n) is 13.6. The second-order valence-electron chi connectivity index (χ2n) is 15.5. The molecule has 0 saturated heterocycles. The first-order chi connectivity index (χ1) is 14.6. The normalized spacial score (nSPS) is 59.4. The maximum absolute atomic E-state index is 14.2. The molecule has 0 spiro atoms. The van der Waals surface area contributed by atoms with Crippen LogP contribution in [0.2, 0.25) is 0 Å². The van der Waals surface area contributed by atoms with Crippen LogP contribution in [0.1, 0.15) is 120 Å². The van der Waals surface area contributed by atoms with E-state index in [1.807, 2.05) is 0 Å². The van der Waals surface area contributed by atoms with Crippen molar-refractivity contribution < 1.29 is 9.90 Å². The quantitative estimate of drug-likeness (QED) is 0.423. The second-order valence-corrected chi connectivity index (χ2v) is 15.5. The molecule has 2 heteroatoms. The highest BCUT2D eigenvalue weighted by Crippen LogP contribution is 2.77. The van der Waals surface area contributed by atoms with Gasteiger partial charge in [0, 0.05) is 12.3 Å². The van der Waals surface area contributed by atoms with Crippen molar-refractivity contribution in [2.75, 3.05) is 0 Å². The maximum Gasteiger partial charge on any atom is 0.137 e. The minimum Gasteiger partial charge on any atom is -0.393 e. The lowest BCUT2D eigenvalue weighted by atomic mass is 9.30. The standard InChI is InChI=1S/C30H50O2/c1-19-20(31)9-10-22-27(5)14-16-29(7)23-18-25(2,3)11-12-26(23,4)13-15-30(29,8)24(27)21(32)17-28(19,22)6/h19-20,22-24,31H,9-18H2,1-8H3/t19-,20+,22-,23+,24-,26+,27-,28+,29-,30+/m0/s1. The number of aliphatic hydroxyl groups is 1. The van der Waals surface area contributed by atoms with Crippen LogP contribution < -0.4 is 0 Å². The Labute approximate surface area is 197 Å². The Hall–Kier alpha value is -0.370. The van der Waals surface area contributed by atoms with Crippen LogP contribution in [-0.2, 0) is 4.79 Å². The molecular formula is C30H50O2. The summed E-state index contributed by atoms with van der Waals surface area (Å²) >= 11 is 0. The van der Waals surface area contributed by atoms with Crippen LogP contribution in [0.5, 0.6) is 0 Å². The molecule has 5 saturated carbocycles. The van der Waals surface area contributed by atoms with Gasteiger partial charge in [-0.05, 0) is 108 Å². The molecule has 5 aliphatic rings. The molecule has 182 valence electrons. The summed E-state index contributed by atoms with van der Waals surface area (Å²) in [6, 6.07) is 0. The molecule has 0 aromatic rings. The number of ketones is 1. The van der Waals surface area contributed by atoms with Gasteiger partial charge in [-0.2, -0.15) is 0 Å². The summed E-state index contributed by atoms with van der Waals surface area (Å²) in [6.07, 6.45) is 11.5. The first-order valence-electron chi connectivity index (χ1n) is 13.8. The van der Waals surface area contributed by atoms with Crippen LogP contribution in [0, 0.1) is 56.2 Å². The van der Waals surface area contributed by atoms with Crippen molar-refractivity contribution in [3.63, 3.8) is 0 Å². The SMILES string of the molecule is C[C@H]1[C@H](O)CC[C@@H]2[C@]1(C)CC(=O)[C@H]1[C@@]2(C)CC[C@@]2(C)[C@@H]3CC(C)(C)CC[C@]3(C)CC[C@]12C. The molecule has 0 aromatic heterocycles. The number of aliphatic hydroxyl groups excluding tert-OH is 1. The van der Waals surface area contributed by atoms with Crippen LogP contribution in [0.4, 0.5) is 0 Å². The van der Waals surface area contributed by atoms with Crippen LogP contribution in [0.3, 0.4) is 0 Å². The van der Waals surface area contributed by atoms with E-state index in [-0.39, 0.29) is 39.6 Å². The van der Waals surface area contributed by atoms with E-state index in [1.165, 1.54) is 44.9 Å². The maximum atomic E-state index is 14.2. The average Bonchev–Trinajstić information content (AvgIpc) is 2.69. The van der Waals surface area contributed by atoms with E-state index in [2.05, 4.69) is 55.4 Å². The Morgan fingerprint density at radius 2 is 1.38 bits per heavy atom. The van der Waals surface area contributed by atoms with Crippen LogP contribution in [0.15, 0.2) is 0 Å². The van der Waals surface area contributed by atoms with Gasteiger partial charge in [-0.25, -0.2) is 0 Å². The molecule has 32 heavy (non-hydrogen) atoms. The molecule has 1 N–H and O–H groups in total. The molecule has 10 atom stereocenters. The number of hydrogen-bond donors (Lipinski definition) is 1. The van der Waals surface area contributed by atoms with Crippen molar-refractivity contribution in [1.29, 1.82) is 0 Å². The van der Waals surface area contributed by atoms with Crippen molar-refractivity contribution in [2.45, 2.75) is 126 Å². The molecule has 2 nitrogen and oxygen atoms in total. The largest absolute Gasteiger partial charge is 0.393 e. The van der Waals surface area contributed by atoms with Crippen molar-refractivity contribution in [3.05, 3.63) is 0 Å². The summed E-state index contributed by atoms with van der Waals surface area (Å²) in [5.41, 5.74) is 1.29. The Bertz CT molecular complexity index is 816. The molecule has 0 heterocycles. The Morgan fingerprint density at radius 3 is 2.06 bits per heavy atom. The third-order valence-corrected chi connectivity index (χ3v) is 13.6. The number of carbonyl (C=O) groups excluding carboxylic acids is 1. The Morgan fingerprint density at radius 1 is 0.750 bits per heavy atom. The van der Waals surface area contributed by atoms with E-state index in [4.69, 9.17) is 0 Å². The number of fused-ring (bicyclic) bond motifs is 7. The third kappa shape index (κ3) is 2.71. The van der Waals surface area contributed by atoms with Gasteiger partial charge in [0.2, 0.25) is 0 Å². The monoisotopic (exact) mass is 442 g/mol. The fraction of sp³-hybridized carbons (Fsp3) is 0.967. The Kier molecular flexibility index (Phi) is 4.85. The summed E-state index contributed by atoms with van der Waals surface area (Å²) in [4.78, 5) is 14.2. The summed E-state index contributed by atoms with van der Waals surface area (Å²) in [5, 5.41) is 10.7. The smallest absolute Gasteiger partial charge is 0.137 e. The van der Waals surface area contributed by atoms with E-state index < -0.39 is 0 Å². The van der Waals surface area contributed by atoms with Gasteiger partial charge in [-0.15, -0.1) is 0 Å². The van der Waals surface area contributed by atoms with E-state index >= 15 is 0 Å². The molecule has 0 aromatic carbocycles. The van der Waals surface area contributed by atoms with E-state index in [9.17, 15) is 9.90 Å². The number of Topliss-reactive ketones (excluding diaryl/α,β-unsaturated/α-hetero) is 1. The molecule has 0 radical (unpaired) electrons. The van der Waals surface area contributed by atoms with Crippen LogP contribution in [0.25, 0.3) is 0 Å². The lowest BCUT2D eigenvalue weighted by Crippen LogP contribution is -2.70. The topological polar surface area (TPSA) is 37.3 Å². The minimum absolute atomic E-state index is 0.0416. The van der Waals surface area contributed by atoms with Crippen molar-refractivity contribution in [3.8, 4) is 0 Å². The molecule has 5 rings (SSSR count). The predicted molar refractivity (Wildman–Crippen MR) is 131 cm³/mol. The van der Waals surface area contributed by atoms with Gasteiger partial charge in [-0.1, -0.05) is 55.4 Å². The number of rotatable bonds is 0. The Balaban J connectivity index is 1.59. The lowest BCUT2D eigenvalue weighted by molar-refractivity contribution is -0.252. The zero-order valence-corrected chi connectivity index (χ0v) is 22.3. The van der Waals surface area contributed by atoms with Gasteiger partial charge in [0.15, 0.2) is 0 Å². The molecule has 0 unspecified atom stereocenters. The van der Waals surface area contributed by atoms with Crippen molar-refractivity contribution >= 4 is 5.78 Å². The fourth-order valence-corrected chi connectivity index (χ4v) is 11.2. The minimum atomic E-state index is -0.242. The first-order valence-corrected chi connectivity index (χ1v) is 13.8. The van der Waals surface area contributed by atoms with Crippen LogP contribution in [-0.4, -0.2) is 17.0 Å². The van der Waals surface area contributed by atoms with Gasteiger partial charge in [0.05, 0.1) is 6.10 Å². The second kappa shape index (κ2) is 6.64. The average molecular weight is 443 g/mol. The van der Waals surface area contributed by atoms with E-state index in [0.29, 0.717) is 29.0 Å². The summed E-state index contributed by atoms with van der Waals surface area (Å²) < 4.78 is 0. The zero-order chi connectivity index (χ0) is 23.5. The summed E-state index contributed by atoms with van der Waals surface area (Å²) in [6.45, 7) is 19.8. The van der Waals surface area contributed by atoms with Gasteiger partial charge in [-0.3, -0.25) is 4.79 Å². The highest BCUT2D eigenvalue weighted by atomic mass is 16.3. The van der Waals surface area contributed by atoms with Gasteiger partial charge in [0.25, 0.3) is 0 Å². The molecule has 5 fully saturated rings. The molecular weight excluding hydrogens is 392 g/mol. The zero-order valence-electron chi connectivity index (χ0n) is 22.3. The molecule has 0 aliphatic heterocycles. The van der Waals surface area contributed by atoms with Crippen LogP contribution >= 0.6 is 0 Å². The molecule has 0 bridgehead atoms. The summed E-state index contributed by atoms with van der Waals surface area (Å²) in [5.74, 6) is 2.25. The first kappa shape index (κ1) is 23.4. The van der Waals surface area contributed by atoms with Crippen molar-refractivity contribution in [2.24, 2.45) is 56.2 Å².